The molecule has 0 saturated heterocycles. The molecule has 0 aliphatic carbocycles. The van der Waals surface area contributed by atoms with Crippen molar-refractivity contribution in [2.24, 2.45) is 0 Å². The molecule has 4 heavy (non-hydrogen) atoms. The molecule has 0 spiro atoms. The zero-order valence-electron chi connectivity index (χ0n) is 3.15. The summed E-state index contributed by atoms with van der Waals surface area (Å²) in [5.74, 6) is 0. The fourth-order valence-corrected chi connectivity index (χ4v) is 0. The van der Waals surface area contributed by atoms with E-state index in [0.717, 1.165) is 0 Å². The van der Waals surface area contributed by atoms with Gasteiger partial charge in [0.15, 0.2) is 0 Å². The first-order chi connectivity index (χ1) is 0. The molecule has 4 heteroatoms. The van der Waals surface area contributed by atoms with Gasteiger partial charge in [-0.25, -0.2) is 0 Å². The minimum Gasteiger partial charge on any atom is -0.693 e. The molecule has 4 N–H and O–H groups in total. The molecular formula is H4Li2N2. The van der Waals surface area contributed by atoms with E-state index in [2.05, 4.69) is 0 Å². The number of nitrogens with two attached hydrogens (primary N) is 2. The van der Waals surface area contributed by atoms with Crippen LogP contribution in [0, 0.1) is 0 Å². The fourth-order valence-electron chi connectivity index (χ4n) is 0. The Morgan fingerprint density at radius 2 is 0.500 bits per heavy atom. The van der Waals surface area contributed by atoms with Gasteiger partial charge in [0.1, 0.15) is 0 Å². The average Bonchev–Trinajstić information content (AvgIpc) is 0. The summed E-state index contributed by atoms with van der Waals surface area (Å²) in [5, 5.41) is 0. The van der Waals surface area contributed by atoms with Crippen molar-refractivity contribution >= 4 is 0 Å². The summed E-state index contributed by atoms with van der Waals surface area (Å²) in [6.07, 6.45) is 0. The van der Waals surface area contributed by atoms with E-state index in [4.69, 9.17) is 0 Å². The molecular weight excluding hydrogens is 41.9 g/mol. The molecule has 0 aliphatic rings. The van der Waals surface area contributed by atoms with E-state index in [1.54, 1.807) is 0 Å². The van der Waals surface area contributed by atoms with Crippen LogP contribution in [0.4, 0.5) is 0 Å². The Morgan fingerprint density at radius 3 is 0.500 bits per heavy atom. The predicted octanol–water partition coefficient (Wildman–Crippen LogP) is -4.56. The number of rotatable bonds is 0. The monoisotopic (exact) mass is 46.1 g/mol. The minimum atomic E-state index is 0. The smallest absolute Gasteiger partial charge is 0.693 e. The molecule has 0 bridgehead atoms. The Morgan fingerprint density at radius 1 is 0.500 bits per heavy atom. The summed E-state index contributed by atoms with van der Waals surface area (Å²) in [5.41, 5.74) is 0. The van der Waals surface area contributed by atoms with Crippen LogP contribution in [-0.2, 0) is 0 Å². The van der Waals surface area contributed by atoms with Crippen molar-refractivity contribution in [1.82, 2.24) is 0 Å². The van der Waals surface area contributed by atoms with Crippen LogP contribution >= 0.6 is 0 Å². The van der Waals surface area contributed by atoms with Crippen molar-refractivity contribution in [3.8, 4) is 0 Å². The van der Waals surface area contributed by atoms with Gasteiger partial charge in [0.2, 0.25) is 0 Å². The van der Waals surface area contributed by atoms with Gasteiger partial charge in [-0.05, 0) is 0 Å². The van der Waals surface area contributed by atoms with Gasteiger partial charge in [0, 0.05) is 0 Å². The van der Waals surface area contributed by atoms with E-state index >= 15 is 0 Å². The summed E-state index contributed by atoms with van der Waals surface area (Å²) in [7, 11) is 0. The maximum absolute atomic E-state index is 0. The van der Waals surface area contributed by atoms with Crippen molar-refractivity contribution < 1.29 is 37.7 Å². The second kappa shape index (κ2) is 32.1. The van der Waals surface area contributed by atoms with E-state index in [1.165, 1.54) is 0 Å². The second-order valence-electron chi connectivity index (χ2n) is 0. The van der Waals surface area contributed by atoms with Crippen LogP contribution in [0.15, 0.2) is 0 Å². The Kier molecular flexibility index (Phi) is 560. The number of hydrogen-bond acceptors (Lipinski definition) is 0. The fraction of sp³-hybridized carbons (Fsp3) is 0. The zero-order chi connectivity index (χ0) is 0. The van der Waals surface area contributed by atoms with Crippen LogP contribution in [0.25, 0.3) is 12.3 Å². The minimum absolute atomic E-state index is 0. The zero-order valence-corrected chi connectivity index (χ0v) is 3.15. The van der Waals surface area contributed by atoms with Crippen molar-refractivity contribution in [3.05, 3.63) is 12.3 Å². The van der Waals surface area contributed by atoms with E-state index in [1.807, 2.05) is 0 Å². The van der Waals surface area contributed by atoms with Crippen LogP contribution in [0.3, 0.4) is 0 Å². The van der Waals surface area contributed by atoms with Gasteiger partial charge in [0.05, 0.1) is 0 Å². The van der Waals surface area contributed by atoms with Crippen molar-refractivity contribution in [2.45, 2.75) is 0 Å². The number of hydrogen-bond donors (Lipinski definition) is 0. The second-order valence-corrected chi connectivity index (χ2v) is 0. The molecule has 0 aliphatic heterocycles. The van der Waals surface area contributed by atoms with E-state index in [0.29, 0.717) is 0 Å². The first-order valence-electron chi connectivity index (χ1n) is 0. The molecule has 0 rings (SSSR count). The van der Waals surface area contributed by atoms with E-state index in [-0.39, 0.29) is 50.0 Å². The maximum Gasteiger partial charge on any atom is 1.00 e. The molecule has 0 saturated carbocycles. The van der Waals surface area contributed by atoms with Crippen LogP contribution in [0.2, 0.25) is 0 Å². The van der Waals surface area contributed by atoms with Crippen molar-refractivity contribution in [3.63, 3.8) is 0 Å². The molecule has 2 nitrogen and oxygen atoms in total. The van der Waals surface area contributed by atoms with Gasteiger partial charge in [0.25, 0.3) is 0 Å². The molecule has 0 amide bonds. The summed E-state index contributed by atoms with van der Waals surface area (Å²) in [6, 6.07) is 0. The average molecular weight is 45.9 g/mol. The molecule has 0 aromatic rings. The SMILES string of the molecule is [Li+].[Li+].[NH2-].[NH2-]. The predicted molar refractivity (Wildman–Crippen MR) is 10.6 cm³/mol. The Bertz CT molecular complexity index is 4.00. The van der Waals surface area contributed by atoms with Crippen LogP contribution < -0.4 is 37.7 Å². The van der Waals surface area contributed by atoms with Crippen LogP contribution in [0.1, 0.15) is 0 Å². The summed E-state index contributed by atoms with van der Waals surface area (Å²) >= 11 is 0. The van der Waals surface area contributed by atoms with Gasteiger partial charge in [-0.3, -0.25) is 0 Å². The molecule has 0 atom stereocenters. The molecule has 0 unspecified atom stereocenters. The third kappa shape index (κ3) is 11.2. The molecule has 0 aromatic carbocycles. The van der Waals surface area contributed by atoms with Crippen molar-refractivity contribution in [2.75, 3.05) is 0 Å². The van der Waals surface area contributed by atoms with E-state index < -0.39 is 0 Å². The van der Waals surface area contributed by atoms with Crippen LogP contribution in [0.5, 0.6) is 0 Å². The van der Waals surface area contributed by atoms with Gasteiger partial charge in [-0.15, -0.1) is 0 Å². The first kappa shape index (κ1) is 69.7. The largest absolute Gasteiger partial charge is 1.00 e. The van der Waals surface area contributed by atoms with Gasteiger partial charge in [-0.1, -0.05) is 0 Å². The molecule has 16 valence electrons. The van der Waals surface area contributed by atoms with Crippen LogP contribution in [-0.4, -0.2) is 0 Å². The molecule has 0 radical (unpaired) electrons. The Hall–Kier alpha value is 1.11. The Labute approximate surface area is 50.2 Å². The molecule has 0 aromatic heterocycles. The third-order valence-electron chi connectivity index (χ3n) is 0. The van der Waals surface area contributed by atoms with Gasteiger partial charge in [-0.2, -0.15) is 0 Å². The summed E-state index contributed by atoms with van der Waals surface area (Å²) in [6.45, 7) is 0. The third-order valence-corrected chi connectivity index (χ3v) is 0. The first-order valence-corrected chi connectivity index (χ1v) is 0. The van der Waals surface area contributed by atoms with Crippen molar-refractivity contribution in [1.29, 1.82) is 0 Å². The molecule has 0 fully saturated rings. The van der Waals surface area contributed by atoms with Gasteiger partial charge < -0.3 is 12.3 Å². The molecule has 0 heterocycles. The topological polar surface area (TPSA) is 67.0 Å². The van der Waals surface area contributed by atoms with Gasteiger partial charge >= 0.3 is 37.7 Å². The van der Waals surface area contributed by atoms with E-state index in [9.17, 15) is 0 Å². The Balaban J connectivity index is 0. The normalized spacial score (nSPS) is 0. The standard InChI is InChI=1S/2Li.2H2N/h;;2*1H2/q2*+1;2*-1. The summed E-state index contributed by atoms with van der Waals surface area (Å²) in [4.78, 5) is 0. The maximum atomic E-state index is 0. The quantitative estimate of drug-likeness (QED) is 0.246. The summed E-state index contributed by atoms with van der Waals surface area (Å²) < 4.78 is 0.